The Morgan fingerprint density at radius 3 is 2.69 bits per heavy atom. The number of carboxylic acid groups (broad SMARTS) is 1. The predicted molar refractivity (Wildman–Crippen MR) is 96.5 cm³/mol. The molecule has 1 amide bonds. The summed E-state index contributed by atoms with van der Waals surface area (Å²) in [4.78, 5) is 25.9. The van der Waals surface area contributed by atoms with Crippen molar-refractivity contribution in [3.05, 3.63) is 28.8 Å². The number of rotatable bonds is 5. The quantitative estimate of drug-likeness (QED) is 0.848. The molecule has 0 aliphatic carbocycles. The van der Waals surface area contributed by atoms with E-state index < -0.39 is 11.9 Å². The number of likely N-dealkylation sites (tertiary alicyclic amines) is 1. The lowest BCUT2D eigenvalue weighted by atomic mass is 9.84. The molecule has 26 heavy (non-hydrogen) atoms. The van der Waals surface area contributed by atoms with Crippen molar-refractivity contribution in [3.63, 3.8) is 0 Å². The number of methoxy groups -OCH3 is 1. The average molecular weight is 382 g/mol. The zero-order valence-corrected chi connectivity index (χ0v) is 15.6. The molecule has 0 saturated carbocycles. The van der Waals surface area contributed by atoms with E-state index in [2.05, 4.69) is 0 Å². The van der Waals surface area contributed by atoms with Crippen LogP contribution in [-0.2, 0) is 20.7 Å². The van der Waals surface area contributed by atoms with Crippen molar-refractivity contribution >= 4 is 23.5 Å². The number of halogens is 1. The number of ether oxygens (including phenoxy) is 2. The molecule has 2 atom stereocenters. The summed E-state index contributed by atoms with van der Waals surface area (Å²) in [7, 11) is 1.56. The van der Waals surface area contributed by atoms with Crippen LogP contribution in [0.5, 0.6) is 5.75 Å². The van der Waals surface area contributed by atoms with E-state index in [1.807, 2.05) is 4.90 Å². The zero-order valence-electron chi connectivity index (χ0n) is 14.8. The van der Waals surface area contributed by atoms with Crippen LogP contribution in [0.15, 0.2) is 18.2 Å². The lowest BCUT2D eigenvalue weighted by molar-refractivity contribution is -0.145. The minimum absolute atomic E-state index is 0.0111. The molecule has 1 N–H and O–H groups in total. The third-order valence-electron chi connectivity index (χ3n) is 5.43. The second-order valence-electron chi connectivity index (χ2n) is 6.88. The van der Waals surface area contributed by atoms with E-state index in [1.165, 1.54) is 0 Å². The first kappa shape index (κ1) is 19.0. The van der Waals surface area contributed by atoms with Gasteiger partial charge >= 0.3 is 5.97 Å². The SMILES string of the molecule is COc1cccc(Cl)c1CC(=O)N1CCC([C@@H]2OCCC2C(=O)O)CC1. The Morgan fingerprint density at radius 1 is 1.31 bits per heavy atom. The highest BCUT2D eigenvalue weighted by Crippen LogP contribution is 2.34. The van der Waals surface area contributed by atoms with Crippen LogP contribution >= 0.6 is 11.6 Å². The van der Waals surface area contributed by atoms with Gasteiger partial charge in [0.05, 0.1) is 25.6 Å². The maximum atomic E-state index is 12.7. The monoisotopic (exact) mass is 381 g/mol. The number of piperidine rings is 1. The molecular formula is C19H24ClNO5. The van der Waals surface area contributed by atoms with Gasteiger partial charge in [0.1, 0.15) is 5.75 Å². The van der Waals surface area contributed by atoms with Crippen LogP contribution in [0.2, 0.25) is 5.02 Å². The highest BCUT2D eigenvalue weighted by molar-refractivity contribution is 6.31. The van der Waals surface area contributed by atoms with Gasteiger partial charge in [0, 0.05) is 30.3 Å². The van der Waals surface area contributed by atoms with Gasteiger partial charge in [-0.3, -0.25) is 9.59 Å². The fourth-order valence-corrected chi connectivity index (χ4v) is 4.21. The van der Waals surface area contributed by atoms with Crippen molar-refractivity contribution in [3.8, 4) is 5.75 Å². The minimum atomic E-state index is -0.781. The molecule has 0 spiro atoms. The van der Waals surface area contributed by atoms with Crippen LogP contribution in [-0.4, -0.2) is 54.8 Å². The Balaban J connectivity index is 1.58. The topological polar surface area (TPSA) is 76.1 Å². The largest absolute Gasteiger partial charge is 0.496 e. The van der Waals surface area contributed by atoms with Gasteiger partial charge in [0.15, 0.2) is 0 Å². The van der Waals surface area contributed by atoms with Gasteiger partial charge < -0.3 is 19.5 Å². The first-order chi connectivity index (χ1) is 12.5. The average Bonchev–Trinajstić information content (AvgIpc) is 3.13. The third-order valence-corrected chi connectivity index (χ3v) is 5.79. The predicted octanol–water partition coefficient (Wildman–Crippen LogP) is 2.62. The summed E-state index contributed by atoms with van der Waals surface area (Å²) >= 11 is 6.22. The molecule has 2 fully saturated rings. The van der Waals surface area contributed by atoms with E-state index in [4.69, 9.17) is 21.1 Å². The molecule has 2 aliphatic rings. The normalized spacial score (nSPS) is 23.8. The summed E-state index contributed by atoms with van der Waals surface area (Å²) in [6.45, 7) is 1.73. The van der Waals surface area contributed by atoms with Crippen LogP contribution < -0.4 is 4.74 Å². The minimum Gasteiger partial charge on any atom is -0.496 e. The van der Waals surface area contributed by atoms with Gasteiger partial charge in [-0.25, -0.2) is 0 Å². The van der Waals surface area contributed by atoms with Crippen molar-refractivity contribution in [2.24, 2.45) is 11.8 Å². The number of benzene rings is 1. The van der Waals surface area contributed by atoms with Crippen molar-refractivity contribution in [1.29, 1.82) is 0 Å². The van der Waals surface area contributed by atoms with Crippen molar-refractivity contribution < 1.29 is 24.2 Å². The van der Waals surface area contributed by atoms with Crippen molar-refractivity contribution in [2.75, 3.05) is 26.8 Å². The van der Waals surface area contributed by atoms with Crippen LogP contribution in [0, 0.1) is 11.8 Å². The molecule has 2 heterocycles. The fourth-order valence-electron chi connectivity index (χ4n) is 3.98. The molecular weight excluding hydrogens is 358 g/mol. The van der Waals surface area contributed by atoms with Gasteiger partial charge in [0.2, 0.25) is 5.91 Å². The lowest BCUT2D eigenvalue weighted by Crippen LogP contribution is -2.43. The summed E-state index contributed by atoms with van der Waals surface area (Å²) in [5.41, 5.74) is 0.703. The summed E-state index contributed by atoms with van der Waals surface area (Å²) in [6.07, 6.45) is 2.07. The van der Waals surface area contributed by atoms with E-state index in [-0.39, 0.29) is 24.3 Å². The first-order valence-corrected chi connectivity index (χ1v) is 9.32. The number of nitrogens with zero attached hydrogens (tertiary/aromatic N) is 1. The van der Waals surface area contributed by atoms with Gasteiger partial charge in [-0.05, 0) is 37.3 Å². The van der Waals surface area contributed by atoms with Gasteiger partial charge in [0.25, 0.3) is 0 Å². The van der Waals surface area contributed by atoms with Crippen LogP contribution in [0.1, 0.15) is 24.8 Å². The number of hydrogen-bond acceptors (Lipinski definition) is 4. The molecule has 0 radical (unpaired) electrons. The summed E-state index contributed by atoms with van der Waals surface area (Å²) in [5.74, 6) is -0.384. The van der Waals surface area contributed by atoms with Crippen LogP contribution in [0.3, 0.4) is 0 Å². The molecule has 2 aliphatic heterocycles. The van der Waals surface area contributed by atoms with Gasteiger partial charge in [-0.2, -0.15) is 0 Å². The van der Waals surface area contributed by atoms with E-state index in [9.17, 15) is 14.7 Å². The Hall–Kier alpha value is -1.79. The lowest BCUT2D eigenvalue weighted by Gasteiger charge is -2.35. The number of carbonyl (C=O) groups excluding carboxylic acids is 1. The Morgan fingerprint density at radius 2 is 2.04 bits per heavy atom. The van der Waals surface area contributed by atoms with Crippen molar-refractivity contribution in [2.45, 2.75) is 31.8 Å². The standard InChI is InChI=1S/C19H24ClNO5/c1-25-16-4-2-3-15(20)14(16)11-17(22)21-8-5-12(6-9-21)18-13(19(23)24)7-10-26-18/h2-4,12-13,18H,5-11H2,1H3,(H,23,24)/t13?,18-/m0/s1. The van der Waals surface area contributed by atoms with Crippen LogP contribution in [0.25, 0.3) is 0 Å². The summed E-state index contributed by atoms with van der Waals surface area (Å²) in [5, 5.41) is 9.85. The molecule has 1 unspecified atom stereocenters. The molecule has 0 bridgehead atoms. The third kappa shape index (κ3) is 3.96. The van der Waals surface area contributed by atoms with E-state index in [1.54, 1.807) is 25.3 Å². The Labute approximate surface area is 158 Å². The molecule has 2 saturated heterocycles. The van der Waals surface area contributed by atoms with E-state index >= 15 is 0 Å². The molecule has 142 valence electrons. The molecule has 6 nitrogen and oxygen atoms in total. The second kappa shape index (κ2) is 8.27. The highest BCUT2D eigenvalue weighted by Gasteiger charge is 2.40. The second-order valence-corrected chi connectivity index (χ2v) is 7.29. The zero-order chi connectivity index (χ0) is 18.7. The smallest absolute Gasteiger partial charge is 0.309 e. The highest BCUT2D eigenvalue weighted by atomic mass is 35.5. The molecule has 7 heteroatoms. The van der Waals surface area contributed by atoms with Crippen molar-refractivity contribution in [1.82, 2.24) is 4.90 Å². The number of amides is 1. The van der Waals surface area contributed by atoms with Gasteiger partial charge in [-0.1, -0.05) is 17.7 Å². The summed E-state index contributed by atoms with van der Waals surface area (Å²) in [6, 6.07) is 5.34. The maximum absolute atomic E-state index is 12.7. The first-order valence-electron chi connectivity index (χ1n) is 8.94. The number of carbonyl (C=O) groups is 2. The van der Waals surface area contributed by atoms with E-state index in [0.717, 1.165) is 12.8 Å². The fraction of sp³-hybridized carbons (Fsp3) is 0.579. The molecule has 3 rings (SSSR count). The van der Waals surface area contributed by atoms with E-state index in [0.29, 0.717) is 42.5 Å². The maximum Gasteiger partial charge on any atom is 0.309 e. The Kier molecular flexibility index (Phi) is 6.04. The molecule has 0 aromatic heterocycles. The molecule has 1 aromatic carbocycles. The number of aliphatic carboxylic acids is 1. The number of carboxylic acids is 1. The van der Waals surface area contributed by atoms with Gasteiger partial charge in [-0.15, -0.1) is 0 Å². The molecule has 1 aromatic rings. The Bertz CT molecular complexity index is 672. The summed E-state index contributed by atoms with van der Waals surface area (Å²) < 4.78 is 11.0. The number of hydrogen-bond donors (Lipinski definition) is 1. The van der Waals surface area contributed by atoms with Crippen LogP contribution in [0.4, 0.5) is 0 Å².